The van der Waals surface area contributed by atoms with E-state index in [1.807, 2.05) is 42.5 Å². The van der Waals surface area contributed by atoms with Crippen molar-refractivity contribution in [2.24, 2.45) is 0 Å². The molecule has 0 spiro atoms. The summed E-state index contributed by atoms with van der Waals surface area (Å²) in [4.78, 5) is 16.9. The Kier molecular flexibility index (Phi) is 6.70. The van der Waals surface area contributed by atoms with E-state index in [0.717, 1.165) is 45.0 Å². The van der Waals surface area contributed by atoms with Crippen LogP contribution in [0.3, 0.4) is 0 Å². The normalized spacial score (nSPS) is 14.7. The molecule has 0 bridgehead atoms. The van der Waals surface area contributed by atoms with Crippen LogP contribution in [0.5, 0.6) is 11.5 Å². The quantitative estimate of drug-likeness (QED) is 0.444. The predicted molar refractivity (Wildman–Crippen MR) is 123 cm³/mol. The molecule has 0 unspecified atom stereocenters. The average molecular weight is 424 g/mol. The molecular formula is C25H29NO3S. The Morgan fingerprint density at radius 2 is 1.77 bits per heavy atom. The van der Waals surface area contributed by atoms with Crippen LogP contribution in [0, 0.1) is 0 Å². The van der Waals surface area contributed by atoms with Gasteiger partial charge in [-0.2, -0.15) is 0 Å². The topological polar surface area (TPSA) is 38.8 Å². The van der Waals surface area contributed by atoms with Gasteiger partial charge >= 0.3 is 0 Å². The van der Waals surface area contributed by atoms with Crippen molar-refractivity contribution >= 4 is 27.2 Å². The first kappa shape index (κ1) is 20.9. The second kappa shape index (κ2) is 9.63. The van der Waals surface area contributed by atoms with E-state index in [4.69, 9.17) is 9.47 Å². The number of rotatable bonds is 8. The molecule has 4 rings (SSSR count). The Hall–Kier alpha value is -2.37. The summed E-state index contributed by atoms with van der Waals surface area (Å²) in [5.74, 6) is 1.71. The van der Waals surface area contributed by atoms with Gasteiger partial charge in [0.15, 0.2) is 5.78 Å². The molecule has 1 fully saturated rings. The maximum Gasteiger partial charge on any atom is 0.194 e. The molecule has 1 saturated heterocycles. The lowest BCUT2D eigenvalue weighted by atomic mass is 9.99. The van der Waals surface area contributed by atoms with E-state index in [2.05, 4.69) is 11.8 Å². The molecule has 0 N–H and O–H groups in total. The van der Waals surface area contributed by atoms with Gasteiger partial charge in [-0.15, -0.1) is 11.3 Å². The average Bonchev–Trinajstić information content (AvgIpc) is 3.17. The first-order valence-electron chi connectivity index (χ1n) is 10.8. The maximum absolute atomic E-state index is 13.3. The van der Waals surface area contributed by atoms with Gasteiger partial charge in [0.05, 0.1) is 7.11 Å². The molecule has 0 aliphatic carbocycles. The van der Waals surface area contributed by atoms with Crippen molar-refractivity contribution in [1.29, 1.82) is 0 Å². The predicted octanol–water partition coefficient (Wildman–Crippen LogP) is 5.57. The van der Waals surface area contributed by atoms with Crippen LogP contribution in [0.25, 0.3) is 10.1 Å². The lowest BCUT2D eigenvalue weighted by molar-refractivity contribution is 0.104. The minimum absolute atomic E-state index is 0.0723. The van der Waals surface area contributed by atoms with E-state index in [-0.39, 0.29) is 5.78 Å². The standard InChI is InChI=1S/C25H29NO3S/c1-3-22-24(21-12-11-20(28-2)17-23(21)30-22)25(27)18-7-9-19(10-8-18)29-16-15-26-13-5-4-6-14-26/h7-12,17H,3-6,13-16H2,1-2H3. The van der Waals surface area contributed by atoms with E-state index in [1.165, 1.54) is 32.4 Å². The van der Waals surface area contributed by atoms with Crippen molar-refractivity contribution in [2.45, 2.75) is 32.6 Å². The number of benzene rings is 2. The summed E-state index contributed by atoms with van der Waals surface area (Å²) < 4.78 is 12.3. The van der Waals surface area contributed by atoms with Crippen LogP contribution in [0.2, 0.25) is 0 Å². The Morgan fingerprint density at radius 1 is 1.03 bits per heavy atom. The van der Waals surface area contributed by atoms with Gasteiger partial charge in [-0.25, -0.2) is 0 Å². The monoisotopic (exact) mass is 423 g/mol. The zero-order valence-electron chi connectivity index (χ0n) is 17.8. The summed E-state index contributed by atoms with van der Waals surface area (Å²) in [5.41, 5.74) is 1.52. The van der Waals surface area contributed by atoms with Crippen LogP contribution in [-0.4, -0.2) is 44.0 Å². The number of ketones is 1. The Balaban J connectivity index is 1.47. The third-order valence-electron chi connectivity index (χ3n) is 5.76. The molecule has 1 aromatic heterocycles. The van der Waals surface area contributed by atoms with Gasteiger partial charge in [0.25, 0.3) is 0 Å². The highest BCUT2D eigenvalue weighted by Crippen LogP contribution is 2.35. The lowest BCUT2D eigenvalue weighted by Crippen LogP contribution is -2.33. The van der Waals surface area contributed by atoms with Crippen LogP contribution < -0.4 is 9.47 Å². The zero-order chi connectivity index (χ0) is 20.9. The van der Waals surface area contributed by atoms with E-state index in [1.54, 1.807) is 18.4 Å². The van der Waals surface area contributed by atoms with E-state index >= 15 is 0 Å². The van der Waals surface area contributed by atoms with Gasteiger partial charge in [-0.05, 0) is 74.8 Å². The van der Waals surface area contributed by atoms with E-state index in [0.29, 0.717) is 12.2 Å². The molecule has 0 atom stereocenters. The molecule has 30 heavy (non-hydrogen) atoms. The summed E-state index contributed by atoms with van der Waals surface area (Å²) >= 11 is 1.67. The number of piperidine rings is 1. The van der Waals surface area contributed by atoms with Crippen molar-refractivity contribution in [3.05, 3.63) is 58.5 Å². The number of likely N-dealkylation sites (tertiary alicyclic amines) is 1. The molecule has 1 aliphatic rings. The fourth-order valence-corrected chi connectivity index (χ4v) is 5.24. The second-order valence-electron chi connectivity index (χ2n) is 7.72. The highest BCUT2D eigenvalue weighted by Gasteiger charge is 2.20. The minimum Gasteiger partial charge on any atom is -0.497 e. The number of carbonyl (C=O) groups is 1. The first-order valence-corrected chi connectivity index (χ1v) is 11.6. The number of hydrogen-bond donors (Lipinski definition) is 0. The van der Waals surface area contributed by atoms with Crippen LogP contribution in [0.15, 0.2) is 42.5 Å². The van der Waals surface area contributed by atoms with Crippen molar-refractivity contribution in [3.8, 4) is 11.5 Å². The number of hydrogen-bond acceptors (Lipinski definition) is 5. The largest absolute Gasteiger partial charge is 0.497 e. The highest BCUT2D eigenvalue weighted by molar-refractivity contribution is 7.19. The SMILES string of the molecule is CCc1sc2cc(OC)ccc2c1C(=O)c1ccc(OCCN2CCCCC2)cc1. The molecule has 0 radical (unpaired) electrons. The number of aryl methyl sites for hydroxylation is 1. The molecule has 158 valence electrons. The second-order valence-corrected chi connectivity index (χ2v) is 8.86. The number of fused-ring (bicyclic) bond motifs is 1. The van der Waals surface area contributed by atoms with Gasteiger partial charge < -0.3 is 9.47 Å². The molecule has 1 aliphatic heterocycles. The fraction of sp³-hybridized carbons (Fsp3) is 0.400. The fourth-order valence-electron chi connectivity index (χ4n) is 4.07. The van der Waals surface area contributed by atoms with Gasteiger partial charge in [0, 0.05) is 32.6 Å². The molecule has 2 aromatic carbocycles. The Bertz CT molecular complexity index is 1000. The van der Waals surface area contributed by atoms with Gasteiger partial charge in [-0.3, -0.25) is 9.69 Å². The molecule has 2 heterocycles. The Morgan fingerprint density at radius 3 is 2.47 bits per heavy atom. The summed E-state index contributed by atoms with van der Waals surface area (Å²) in [7, 11) is 1.66. The third kappa shape index (κ3) is 4.52. The van der Waals surface area contributed by atoms with Gasteiger partial charge in [0.2, 0.25) is 0 Å². The summed E-state index contributed by atoms with van der Waals surface area (Å²) in [6.45, 7) is 6.10. The molecule has 0 amide bonds. The van der Waals surface area contributed by atoms with Crippen molar-refractivity contribution in [1.82, 2.24) is 4.90 Å². The lowest BCUT2D eigenvalue weighted by Gasteiger charge is -2.26. The van der Waals surface area contributed by atoms with Crippen LogP contribution in [0.4, 0.5) is 0 Å². The number of methoxy groups -OCH3 is 1. The third-order valence-corrected chi connectivity index (χ3v) is 7.06. The Labute approximate surface area is 182 Å². The molecule has 0 saturated carbocycles. The highest BCUT2D eigenvalue weighted by atomic mass is 32.1. The molecule has 5 heteroatoms. The molecular weight excluding hydrogens is 394 g/mol. The van der Waals surface area contributed by atoms with Crippen LogP contribution in [-0.2, 0) is 6.42 Å². The number of ether oxygens (including phenoxy) is 2. The first-order chi connectivity index (χ1) is 14.7. The zero-order valence-corrected chi connectivity index (χ0v) is 18.6. The van der Waals surface area contributed by atoms with Gasteiger partial charge in [0.1, 0.15) is 18.1 Å². The summed E-state index contributed by atoms with van der Waals surface area (Å²) in [5, 5.41) is 1.00. The molecule has 3 aromatic rings. The number of carbonyl (C=O) groups excluding carboxylic acids is 1. The van der Waals surface area contributed by atoms with E-state index in [9.17, 15) is 4.79 Å². The van der Waals surface area contributed by atoms with Crippen molar-refractivity contribution < 1.29 is 14.3 Å². The number of thiophene rings is 1. The minimum atomic E-state index is 0.0723. The van der Waals surface area contributed by atoms with Crippen LogP contribution in [0.1, 0.15) is 47.0 Å². The maximum atomic E-state index is 13.3. The summed E-state index contributed by atoms with van der Waals surface area (Å²) in [6, 6.07) is 13.5. The van der Waals surface area contributed by atoms with Crippen molar-refractivity contribution in [3.63, 3.8) is 0 Å². The summed E-state index contributed by atoms with van der Waals surface area (Å²) in [6.07, 6.45) is 4.77. The smallest absolute Gasteiger partial charge is 0.194 e. The molecule has 4 nitrogen and oxygen atoms in total. The van der Waals surface area contributed by atoms with E-state index < -0.39 is 0 Å². The number of nitrogens with zero attached hydrogens (tertiary/aromatic N) is 1. The van der Waals surface area contributed by atoms with Gasteiger partial charge in [-0.1, -0.05) is 13.3 Å². The van der Waals surface area contributed by atoms with Crippen molar-refractivity contribution in [2.75, 3.05) is 33.4 Å². The van der Waals surface area contributed by atoms with Crippen LogP contribution >= 0.6 is 11.3 Å².